The molecule has 0 aliphatic rings. The predicted octanol–water partition coefficient (Wildman–Crippen LogP) is 5.32. The molecule has 0 fully saturated rings. The number of fused-ring (bicyclic) bond motifs is 1. The summed E-state index contributed by atoms with van der Waals surface area (Å²) < 4.78 is 0. The molecule has 4 N–H and O–H groups in total. The fourth-order valence-electron chi connectivity index (χ4n) is 5.15. The van der Waals surface area contributed by atoms with Gasteiger partial charge in [0.25, 0.3) is 0 Å². The van der Waals surface area contributed by atoms with Gasteiger partial charge in [-0.25, -0.2) is 4.98 Å². The van der Waals surface area contributed by atoms with E-state index in [1.54, 1.807) is 0 Å². The largest absolute Gasteiger partial charge is 0.341 e. The number of pyridine rings is 2. The van der Waals surface area contributed by atoms with Crippen LogP contribution in [0.4, 0.5) is 0 Å². The van der Waals surface area contributed by atoms with Crippen molar-refractivity contribution in [2.45, 2.75) is 58.9 Å². The summed E-state index contributed by atoms with van der Waals surface area (Å²) in [4.78, 5) is 19.3. The molecule has 0 aliphatic carbocycles. The summed E-state index contributed by atoms with van der Waals surface area (Å²) in [5.74, 6) is 0.965. The Kier molecular flexibility index (Phi) is 11.2. The number of hydrogen-bond donors (Lipinski definition) is 4. The number of benzene rings is 2. The molecule has 0 atom stereocenters. The summed E-state index contributed by atoms with van der Waals surface area (Å²) in [5.41, 5.74) is 8.44. The van der Waals surface area contributed by atoms with Crippen LogP contribution in [0, 0.1) is 0 Å². The quantitative estimate of drug-likeness (QED) is 0.116. The fourth-order valence-corrected chi connectivity index (χ4v) is 5.15. The molecule has 2 aromatic carbocycles. The van der Waals surface area contributed by atoms with E-state index in [4.69, 9.17) is 4.98 Å². The second-order valence-corrected chi connectivity index (χ2v) is 12.4. The second-order valence-electron chi connectivity index (χ2n) is 12.4. The van der Waals surface area contributed by atoms with Crippen molar-refractivity contribution >= 4 is 11.0 Å². The standard InChI is InChI=1S/C36H46N8/c1-36(2,3)31-11-12-33-34(22-31)43-35(42-33)26-40-24-28-7-9-30(10-8-28)27-44(20-18-38-23-29-13-16-37-17-14-29)21-19-39-25-32-6-4-5-15-41-32/h4-17,22,38-40H,18-21,23-27H2,1-3H3,(H,42,43). The Morgan fingerprint density at radius 2 is 1.41 bits per heavy atom. The maximum Gasteiger partial charge on any atom is 0.121 e. The zero-order chi connectivity index (χ0) is 30.6. The van der Waals surface area contributed by atoms with Crippen LogP contribution < -0.4 is 16.0 Å². The number of nitrogens with zero attached hydrogens (tertiary/aromatic N) is 4. The summed E-state index contributed by atoms with van der Waals surface area (Å²) in [5, 5.41) is 10.7. The molecule has 230 valence electrons. The molecule has 0 spiro atoms. The summed E-state index contributed by atoms with van der Waals surface area (Å²) in [7, 11) is 0. The van der Waals surface area contributed by atoms with Crippen LogP contribution in [0.25, 0.3) is 11.0 Å². The summed E-state index contributed by atoms with van der Waals surface area (Å²) in [6, 6.07) is 25.7. The van der Waals surface area contributed by atoms with E-state index in [2.05, 4.69) is 117 Å². The first kappa shape index (κ1) is 31.5. The van der Waals surface area contributed by atoms with E-state index in [-0.39, 0.29) is 5.41 Å². The first-order valence-corrected chi connectivity index (χ1v) is 15.6. The maximum absolute atomic E-state index is 4.82. The molecule has 3 aromatic heterocycles. The van der Waals surface area contributed by atoms with Crippen molar-refractivity contribution in [3.63, 3.8) is 0 Å². The minimum atomic E-state index is 0.114. The van der Waals surface area contributed by atoms with Gasteiger partial charge >= 0.3 is 0 Å². The Bertz CT molecular complexity index is 1500. The number of H-pyrrole nitrogens is 1. The third kappa shape index (κ3) is 9.79. The lowest BCUT2D eigenvalue weighted by atomic mass is 9.87. The molecule has 0 saturated heterocycles. The molecule has 8 heteroatoms. The molecule has 44 heavy (non-hydrogen) atoms. The number of aromatic amines is 1. The molecule has 5 aromatic rings. The fraction of sp³-hybridized carbons (Fsp3) is 0.361. The number of nitrogens with one attached hydrogen (secondary N) is 4. The van der Waals surface area contributed by atoms with Gasteiger partial charge in [-0.15, -0.1) is 0 Å². The molecular weight excluding hydrogens is 544 g/mol. The van der Waals surface area contributed by atoms with E-state index in [9.17, 15) is 0 Å². The van der Waals surface area contributed by atoms with Gasteiger partial charge in [-0.1, -0.05) is 57.2 Å². The van der Waals surface area contributed by atoms with E-state index >= 15 is 0 Å². The van der Waals surface area contributed by atoms with Crippen LogP contribution >= 0.6 is 0 Å². The first-order chi connectivity index (χ1) is 21.4. The zero-order valence-electron chi connectivity index (χ0n) is 26.3. The van der Waals surface area contributed by atoms with Crippen LogP contribution in [-0.2, 0) is 38.1 Å². The molecule has 0 radical (unpaired) electrons. The first-order valence-electron chi connectivity index (χ1n) is 15.6. The summed E-state index contributed by atoms with van der Waals surface area (Å²) in [6.07, 6.45) is 5.53. The third-order valence-corrected chi connectivity index (χ3v) is 7.77. The van der Waals surface area contributed by atoms with Crippen molar-refractivity contribution in [3.8, 4) is 0 Å². The Morgan fingerprint density at radius 1 is 0.705 bits per heavy atom. The highest BCUT2D eigenvalue weighted by molar-refractivity contribution is 5.76. The van der Waals surface area contributed by atoms with E-state index in [0.717, 1.165) is 74.9 Å². The lowest BCUT2D eigenvalue weighted by molar-refractivity contribution is 0.264. The van der Waals surface area contributed by atoms with Crippen LogP contribution in [0.15, 0.2) is 91.4 Å². The van der Waals surface area contributed by atoms with E-state index < -0.39 is 0 Å². The second kappa shape index (κ2) is 15.7. The zero-order valence-corrected chi connectivity index (χ0v) is 26.3. The van der Waals surface area contributed by atoms with Crippen molar-refractivity contribution in [2.75, 3.05) is 26.2 Å². The monoisotopic (exact) mass is 590 g/mol. The highest BCUT2D eigenvalue weighted by Crippen LogP contribution is 2.25. The normalized spacial score (nSPS) is 11.9. The highest BCUT2D eigenvalue weighted by Gasteiger charge is 2.15. The molecule has 0 saturated carbocycles. The average molecular weight is 591 g/mol. The number of rotatable bonds is 16. The SMILES string of the molecule is CC(C)(C)c1ccc2[nH]c(CNCc3ccc(CN(CCNCc4ccncc4)CCNCc4ccccn4)cc3)nc2c1. The van der Waals surface area contributed by atoms with E-state index in [1.165, 1.54) is 22.3 Å². The van der Waals surface area contributed by atoms with Crippen LogP contribution in [0.1, 0.15) is 54.5 Å². The molecule has 3 heterocycles. The minimum Gasteiger partial charge on any atom is -0.341 e. The Hall–Kier alpha value is -3.95. The van der Waals surface area contributed by atoms with Crippen LogP contribution in [0.2, 0.25) is 0 Å². The molecule has 0 aliphatic heterocycles. The van der Waals surface area contributed by atoms with Gasteiger partial charge < -0.3 is 20.9 Å². The van der Waals surface area contributed by atoms with E-state index in [0.29, 0.717) is 6.54 Å². The third-order valence-electron chi connectivity index (χ3n) is 7.77. The van der Waals surface area contributed by atoms with Crippen molar-refractivity contribution in [1.29, 1.82) is 0 Å². The Labute approximate surface area is 261 Å². The van der Waals surface area contributed by atoms with Crippen molar-refractivity contribution in [1.82, 2.24) is 40.8 Å². The number of hydrogen-bond acceptors (Lipinski definition) is 7. The predicted molar refractivity (Wildman–Crippen MR) is 179 cm³/mol. The Balaban J connectivity index is 1.10. The van der Waals surface area contributed by atoms with Gasteiger partial charge in [-0.3, -0.25) is 14.9 Å². The summed E-state index contributed by atoms with van der Waals surface area (Å²) in [6.45, 7) is 14.5. The van der Waals surface area contributed by atoms with Gasteiger partial charge in [0, 0.05) is 70.9 Å². The van der Waals surface area contributed by atoms with E-state index in [1.807, 2.05) is 30.7 Å². The van der Waals surface area contributed by atoms with Gasteiger partial charge in [-0.2, -0.15) is 0 Å². The van der Waals surface area contributed by atoms with Crippen molar-refractivity contribution in [2.24, 2.45) is 0 Å². The molecule has 0 amide bonds. The summed E-state index contributed by atoms with van der Waals surface area (Å²) >= 11 is 0. The van der Waals surface area contributed by atoms with Crippen LogP contribution in [0.5, 0.6) is 0 Å². The molecule has 5 rings (SSSR count). The lowest BCUT2D eigenvalue weighted by Gasteiger charge is -2.23. The van der Waals surface area contributed by atoms with Crippen LogP contribution in [0.3, 0.4) is 0 Å². The van der Waals surface area contributed by atoms with Crippen molar-refractivity contribution in [3.05, 3.63) is 125 Å². The number of imidazole rings is 1. The molecule has 0 unspecified atom stereocenters. The maximum atomic E-state index is 4.82. The van der Waals surface area contributed by atoms with Crippen LogP contribution in [-0.4, -0.2) is 51.0 Å². The van der Waals surface area contributed by atoms with Crippen molar-refractivity contribution < 1.29 is 0 Å². The molecule has 0 bridgehead atoms. The average Bonchev–Trinajstić information content (AvgIpc) is 3.45. The van der Waals surface area contributed by atoms with Gasteiger partial charge in [-0.05, 0) is 64.1 Å². The van der Waals surface area contributed by atoms with Gasteiger partial charge in [0.2, 0.25) is 0 Å². The number of aromatic nitrogens is 4. The lowest BCUT2D eigenvalue weighted by Crippen LogP contribution is -2.36. The Morgan fingerprint density at radius 3 is 2.14 bits per heavy atom. The topological polar surface area (TPSA) is 93.8 Å². The van der Waals surface area contributed by atoms with Gasteiger partial charge in [0.15, 0.2) is 0 Å². The molecular formula is C36H46N8. The smallest absolute Gasteiger partial charge is 0.121 e. The van der Waals surface area contributed by atoms with Gasteiger partial charge in [0.1, 0.15) is 5.82 Å². The highest BCUT2D eigenvalue weighted by atomic mass is 15.1. The van der Waals surface area contributed by atoms with Gasteiger partial charge in [0.05, 0.1) is 23.3 Å². The molecule has 8 nitrogen and oxygen atoms in total. The minimum absolute atomic E-state index is 0.114.